The fourth-order valence-corrected chi connectivity index (χ4v) is 0.959. The summed E-state index contributed by atoms with van der Waals surface area (Å²) in [5.74, 6) is -0.248. The summed E-state index contributed by atoms with van der Waals surface area (Å²) in [4.78, 5) is 0. The maximum Gasteiger partial charge on any atom is 0.433 e. The van der Waals surface area contributed by atoms with Crippen LogP contribution in [-0.4, -0.2) is 18.2 Å². The molecule has 0 aliphatic rings. The zero-order valence-electron chi connectivity index (χ0n) is 8.26. The summed E-state index contributed by atoms with van der Waals surface area (Å²) in [6.45, 7) is 0.324. The van der Waals surface area contributed by atoms with Gasteiger partial charge in [0.15, 0.2) is 0 Å². The van der Waals surface area contributed by atoms with Crippen molar-refractivity contribution < 1.29 is 26.7 Å². The molecule has 0 N–H and O–H groups in total. The molecule has 0 amide bonds. The van der Waals surface area contributed by atoms with Crippen LogP contribution in [0.4, 0.5) is 22.0 Å². The van der Waals surface area contributed by atoms with Gasteiger partial charge in [-0.1, -0.05) is 18.2 Å². The molecule has 0 aliphatic carbocycles. The van der Waals surface area contributed by atoms with Crippen molar-refractivity contribution in [3.63, 3.8) is 0 Å². The van der Waals surface area contributed by atoms with Gasteiger partial charge < -0.3 is 4.74 Å². The maximum absolute atomic E-state index is 12.4. The van der Waals surface area contributed by atoms with Gasteiger partial charge in [0.2, 0.25) is 0 Å². The van der Waals surface area contributed by atoms with E-state index in [-0.39, 0.29) is 5.75 Å². The largest absolute Gasteiger partial charge is 0.472 e. The van der Waals surface area contributed by atoms with Crippen LogP contribution in [0.5, 0.6) is 5.75 Å². The standard InChI is InChI=1S/C10H9F5O/c1-9(8(11)12,10(13,14)15)16-7-5-3-2-4-6-7/h2-6,8H,1H3. The highest BCUT2D eigenvalue weighted by molar-refractivity contribution is 5.22. The number of para-hydroxylation sites is 1. The van der Waals surface area contributed by atoms with E-state index in [2.05, 4.69) is 4.74 Å². The fraction of sp³-hybridized carbons (Fsp3) is 0.400. The summed E-state index contributed by atoms with van der Waals surface area (Å²) in [6, 6.07) is 6.72. The molecule has 1 aromatic rings. The van der Waals surface area contributed by atoms with E-state index < -0.39 is 18.2 Å². The molecule has 1 rings (SSSR count). The van der Waals surface area contributed by atoms with Crippen molar-refractivity contribution in [2.24, 2.45) is 0 Å². The molecule has 1 nitrogen and oxygen atoms in total. The summed E-state index contributed by atoms with van der Waals surface area (Å²) in [5, 5.41) is 0. The van der Waals surface area contributed by atoms with E-state index >= 15 is 0 Å². The van der Waals surface area contributed by atoms with Crippen molar-refractivity contribution in [2.45, 2.75) is 25.1 Å². The Morgan fingerprint density at radius 3 is 1.94 bits per heavy atom. The molecular formula is C10H9F5O. The molecule has 6 heteroatoms. The van der Waals surface area contributed by atoms with Crippen LogP contribution in [0.3, 0.4) is 0 Å². The van der Waals surface area contributed by atoms with Gasteiger partial charge in [-0.25, -0.2) is 8.78 Å². The molecule has 90 valence electrons. The number of hydrogen-bond acceptors (Lipinski definition) is 1. The summed E-state index contributed by atoms with van der Waals surface area (Å²) >= 11 is 0. The Morgan fingerprint density at radius 2 is 1.56 bits per heavy atom. The molecule has 1 atom stereocenters. The first kappa shape index (κ1) is 12.7. The van der Waals surface area contributed by atoms with Gasteiger partial charge in [-0.3, -0.25) is 0 Å². The van der Waals surface area contributed by atoms with E-state index in [1.807, 2.05) is 0 Å². The molecule has 1 unspecified atom stereocenters. The van der Waals surface area contributed by atoms with Gasteiger partial charge in [-0.2, -0.15) is 13.2 Å². The van der Waals surface area contributed by atoms with Crippen LogP contribution < -0.4 is 4.74 Å². The molecule has 0 radical (unpaired) electrons. The first-order valence-corrected chi connectivity index (χ1v) is 4.36. The number of rotatable bonds is 3. The van der Waals surface area contributed by atoms with Crippen LogP contribution in [-0.2, 0) is 0 Å². The van der Waals surface area contributed by atoms with Crippen LogP contribution in [0, 0.1) is 0 Å². The first-order chi connectivity index (χ1) is 7.27. The Kier molecular flexibility index (Phi) is 3.40. The molecule has 0 heterocycles. The summed E-state index contributed by atoms with van der Waals surface area (Å²) in [5.41, 5.74) is -3.49. The Bertz CT molecular complexity index is 335. The van der Waals surface area contributed by atoms with Crippen LogP contribution in [0.1, 0.15) is 6.92 Å². The van der Waals surface area contributed by atoms with Crippen LogP contribution in [0.2, 0.25) is 0 Å². The number of hydrogen-bond donors (Lipinski definition) is 0. The molecule has 0 fully saturated rings. The van der Waals surface area contributed by atoms with Crippen LogP contribution >= 0.6 is 0 Å². The van der Waals surface area contributed by atoms with E-state index in [0.29, 0.717) is 6.92 Å². The van der Waals surface area contributed by atoms with E-state index in [4.69, 9.17) is 0 Å². The zero-order valence-corrected chi connectivity index (χ0v) is 8.26. The summed E-state index contributed by atoms with van der Waals surface area (Å²) in [6.07, 6.45) is -8.80. The lowest BCUT2D eigenvalue weighted by Gasteiger charge is -2.31. The van der Waals surface area contributed by atoms with Gasteiger partial charge in [0.1, 0.15) is 5.75 Å². The van der Waals surface area contributed by atoms with Gasteiger partial charge in [-0.05, 0) is 19.1 Å². The minimum Gasteiger partial charge on any atom is -0.472 e. The number of benzene rings is 1. The number of ether oxygens (including phenoxy) is 1. The minimum absolute atomic E-state index is 0.248. The van der Waals surface area contributed by atoms with Gasteiger partial charge in [0, 0.05) is 0 Å². The van der Waals surface area contributed by atoms with Crippen molar-refractivity contribution in [2.75, 3.05) is 0 Å². The van der Waals surface area contributed by atoms with Crippen molar-refractivity contribution in [3.05, 3.63) is 30.3 Å². The SMILES string of the molecule is CC(Oc1ccccc1)(C(F)F)C(F)(F)F. The number of halogens is 5. The van der Waals surface area contributed by atoms with Crippen molar-refractivity contribution in [1.29, 1.82) is 0 Å². The zero-order chi connectivity index (χ0) is 12.4. The Hall–Kier alpha value is -1.33. The minimum atomic E-state index is -5.14. The number of alkyl halides is 5. The highest BCUT2D eigenvalue weighted by Gasteiger charge is 2.60. The van der Waals surface area contributed by atoms with Gasteiger partial charge >= 0.3 is 6.18 Å². The molecule has 1 aromatic carbocycles. The second-order valence-corrected chi connectivity index (χ2v) is 3.32. The molecule has 0 aromatic heterocycles. The lowest BCUT2D eigenvalue weighted by molar-refractivity contribution is -0.278. The predicted octanol–water partition coefficient (Wildman–Crippen LogP) is 3.65. The smallest absolute Gasteiger partial charge is 0.433 e. The summed E-state index contributed by atoms with van der Waals surface area (Å²) < 4.78 is 66.5. The van der Waals surface area contributed by atoms with Gasteiger partial charge in [-0.15, -0.1) is 0 Å². The molecule has 0 aliphatic heterocycles. The third-order valence-corrected chi connectivity index (χ3v) is 2.05. The van der Waals surface area contributed by atoms with E-state index in [0.717, 1.165) is 0 Å². The highest BCUT2D eigenvalue weighted by Crippen LogP contribution is 2.38. The fourth-order valence-electron chi connectivity index (χ4n) is 0.959. The predicted molar refractivity (Wildman–Crippen MR) is 47.5 cm³/mol. The summed E-state index contributed by atoms with van der Waals surface area (Å²) in [7, 11) is 0. The van der Waals surface area contributed by atoms with Crippen molar-refractivity contribution >= 4 is 0 Å². The maximum atomic E-state index is 12.4. The third kappa shape index (κ3) is 2.43. The van der Waals surface area contributed by atoms with Gasteiger partial charge in [0.25, 0.3) is 12.0 Å². The molecule has 0 bridgehead atoms. The quantitative estimate of drug-likeness (QED) is 0.733. The topological polar surface area (TPSA) is 9.23 Å². The van der Waals surface area contributed by atoms with E-state index in [1.165, 1.54) is 24.3 Å². The Balaban J connectivity index is 2.98. The molecule has 16 heavy (non-hydrogen) atoms. The first-order valence-electron chi connectivity index (χ1n) is 4.36. The molecular weight excluding hydrogens is 231 g/mol. The van der Waals surface area contributed by atoms with Crippen LogP contribution in [0.15, 0.2) is 30.3 Å². The average molecular weight is 240 g/mol. The normalized spacial score (nSPS) is 15.9. The second kappa shape index (κ2) is 4.27. The monoisotopic (exact) mass is 240 g/mol. The molecule has 0 saturated heterocycles. The highest BCUT2D eigenvalue weighted by atomic mass is 19.4. The van der Waals surface area contributed by atoms with E-state index in [1.54, 1.807) is 6.07 Å². The lowest BCUT2D eigenvalue weighted by atomic mass is 10.1. The average Bonchev–Trinajstić information content (AvgIpc) is 2.17. The van der Waals surface area contributed by atoms with E-state index in [9.17, 15) is 22.0 Å². The van der Waals surface area contributed by atoms with Crippen LogP contribution in [0.25, 0.3) is 0 Å². The third-order valence-electron chi connectivity index (χ3n) is 2.05. The second-order valence-electron chi connectivity index (χ2n) is 3.32. The Labute approximate surface area is 88.8 Å². The Morgan fingerprint density at radius 1 is 1.06 bits per heavy atom. The molecule has 0 spiro atoms. The molecule has 0 saturated carbocycles. The van der Waals surface area contributed by atoms with Crippen molar-refractivity contribution in [1.82, 2.24) is 0 Å². The lowest BCUT2D eigenvalue weighted by Crippen LogP contribution is -2.53. The van der Waals surface area contributed by atoms with Gasteiger partial charge in [0.05, 0.1) is 0 Å². The van der Waals surface area contributed by atoms with Crippen molar-refractivity contribution in [3.8, 4) is 5.75 Å².